The molecule has 1 atom stereocenters. The monoisotopic (exact) mass is 414 g/mol. The van der Waals surface area contributed by atoms with Gasteiger partial charge in [0.25, 0.3) is 0 Å². The van der Waals surface area contributed by atoms with Crippen LogP contribution in [0.25, 0.3) is 10.9 Å². The number of amides is 1. The van der Waals surface area contributed by atoms with Gasteiger partial charge in [0.1, 0.15) is 7.11 Å². The lowest BCUT2D eigenvalue weighted by Gasteiger charge is -2.18. The maximum atomic E-state index is 11.7. The number of carbonyl (C=O) groups excluding carboxylic acids is 1. The molecule has 1 aliphatic rings. The number of fused-ring (bicyclic) bond motifs is 1. The first kappa shape index (κ1) is 14.4. The summed E-state index contributed by atoms with van der Waals surface area (Å²) in [5.41, 5.74) is 7.45. The number of halogens is 2. The standard InChI is InChI=1S/C13H12Br2N4O2/c1-21-19-5-7(10-4-12(20)18-13(16)17-10)6-2-8(14)9(15)3-11(6)19/h2-3,5,10H,4H2,1H3,(H3,16,17,18,20). The quantitative estimate of drug-likeness (QED) is 0.787. The minimum atomic E-state index is -0.314. The molecule has 3 N–H and O–H groups in total. The number of nitrogens with one attached hydrogen (secondary N) is 1. The van der Waals surface area contributed by atoms with Gasteiger partial charge in [-0.05, 0) is 44.0 Å². The summed E-state index contributed by atoms with van der Waals surface area (Å²) in [6, 6.07) is 3.61. The Balaban J connectivity index is 2.21. The second kappa shape index (κ2) is 5.34. The van der Waals surface area contributed by atoms with E-state index < -0.39 is 0 Å². The van der Waals surface area contributed by atoms with E-state index in [0.29, 0.717) is 0 Å². The van der Waals surface area contributed by atoms with Gasteiger partial charge in [-0.2, -0.15) is 4.73 Å². The molecule has 6 nitrogen and oxygen atoms in total. The number of benzene rings is 1. The molecule has 1 amide bonds. The molecule has 1 aliphatic heterocycles. The van der Waals surface area contributed by atoms with Gasteiger partial charge in [0.15, 0.2) is 5.96 Å². The van der Waals surface area contributed by atoms with E-state index in [2.05, 4.69) is 42.2 Å². The van der Waals surface area contributed by atoms with Crippen LogP contribution in [0.3, 0.4) is 0 Å². The van der Waals surface area contributed by atoms with Crippen LogP contribution in [0.4, 0.5) is 0 Å². The van der Waals surface area contributed by atoms with Crippen LogP contribution in [0.1, 0.15) is 18.0 Å². The molecule has 0 saturated carbocycles. The molecule has 0 radical (unpaired) electrons. The van der Waals surface area contributed by atoms with Crippen molar-refractivity contribution in [1.29, 1.82) is 0 Å². The second-order valence-corrected chi connectivity index (χ2v) is 6.37. The van der Waals surface area contributed by atoms with Crippen molar-refractivity contribution in [1.82, 2.24) is 10.0 Å². The van der Waals surface area contributed by atoms with Gasteiger partial charge >= 0.3 is 0 Å². The van der Waals surface area contributed by atoms with E-state index in [-0.39, 0.29) is 24.3 Å². The molecule has 0 saturated heterocycles. The summed E-state index contributed by atoms with van der Waals surface area (Å²) in [5.74, 6) is 0.00717. The summed E-state index contributed by atoms with van der Waals surface area (Å²) < 4.78 is 3.49. The van der Waals surface area contributed by atoms with Gasteiger partial charge in [0.05, 0.1) is 24.2 Å². The fourth-order valence-electron chi connectivity index (χ4n) is 2.43. The number of aliphatic imine (C=N–C) groups is 1. The van der Waals surface area contributed by atoms with Crippen molar-refractivity contribution in [3.05, 3.63) is 32.8 Å². The first-order valence-electron chi connectivity index (χ1n) is 6.17. The van der Waals surface area contributed by atoms with E-state index in [1.807, 2.05) is 18.3 Å². The topological polar surface area (TPSA) is 81.6 Å². The highest BCUT2D eigenvalue weighted by atomic mass is 79.9. The normalized spacial score (nSPS) is 18.5. The van der Waals surface area contributed by atoms with E-state index in [1.54, 1.807) is 11.8 Å². The van der Waals surface area contributed by atoms with E-state index in [4.69, 9.17) is 10.6 Å². The summed E-state index contributed by atoms with van der Waals surface area (Å²) in [6.07, 6.45) is 2.10. The Morgan fingerprint density at radius 3 is 2.81 bits per heavy atom. The molecule has 8 heteroatoms. The largest absolute Gasteiger partial charge is 0.417 e. The molecule has 1 unspecified atom stereocenters. The number of hydrogen-bond donors (Lipinski definition) is 2. The Morgan fingerprint density at radius 2 is 2.14 bits per heavy atom. The molecule has 0 fully saturated rings. The minimum absolute atomic E-state index is 0.137. The molecule has 1 aromatic carbocycles. The SMILES string of the molecule is COn1cc(C2CC(=O)NC(N)=N2)c2cc(Br)c(Br)cc21. The maximum Gasteiger partial charge on any atom is 0.229 e. The lowest BCUT2D eigenvalue weighted by atomic mass is 10.0. The summed E-state index contributed by atoms with van der Waals surface area (Å²) in [7, 11) is 1.59. The molecule has 0 spiro atoms. The smallest absolute Gasteiger partial charge is 0.229 e. The minimum Gasteiger partial charge on any atom is -0.417 e. The van der Waals surface area contributed by atoms with Crippen molar-refractivity contribution in [2.45, 2.75) is 12.5 Å². The number of guanidine groups is 1. The van der Waals surface area contributed by atoms with E-state index in [0.717, 1.165) is 25.4 Å². The van der Waals surface area contributed by atoms with Crippen LogP contribution in [0.2, 0.25) is 0 Å². The van der Waals surface area contributed by atoms with Crippen molar-refractivity contribution in [3.8, 4) is 0 Å². The highest BCUT2D eigenvalue weighted by molar-refractivity contribution is 9.13. The zero-order chi connectivity index (χ0) is 15.1. The Morgan fingerprint density at radius 1 is 1.43 bits per heavy atom. The summed E-state index contributed by atoms with van der Waals surface area (Å²) in [6.45, 7) is 0. The van der Waals surface area contributed by atoms with Gasteiger partial charge in [-0.25, -0.2) is 4.99 Å². The molecule has 21 heavy (non-hydrogen) atoms. The zero-order valence-electron chi connectivity index (χ0n) is 11.1. The van der Waals surface area contributed by atoms with Crippen LogP contribution >= 0.6 is 31.9 Å². The van der Waals surface area contributed by atoms with Crippen molar-refractivity contribution < 1.29 is 9.63 Å². The molecule has 2 aromatic rings. The lowest BCUT2D eigenvalue weighted by Crippen LogP contribution is -2.41. The predicted molar refractivity (Wildman–Crippen MR) is 87.0 cm³/mol. The average molecular weight is 416 g/mol. The second-order valence-electron chi connectivity index (χ2n) is 4.66. The van der Waals surface area contributed by atoms with Crippen LogP contribution in [0.5, 0.6) is 0 Å². The number of rotatable bonds is 2. The number of nitrogens with two attached hydrogens (primary N) is 1. The molecule has 0 aliphatic carbocycles. The third-order valence-electron chi connectivity index (χ3n) is 3.34. The van der Waals surface area contributed by atoms with Crippen LogP contribution in [-0.4, -0.2) is 23.7 Å². The summed E-state index contributed by atoms with van der Waals surface area (Å²) in [4.78, 5) is 21.3. The van der Waals surface area contributed by atoms with E-state index >= 15 is 0 Å². The van der Waals surface area contributed by atoms with Gasteiger partial charge in [-0.3, -0.25) is 10.1 Å². The van der Waals surface area contributed by atoms with Gasteiger partial charge in [0, 0.05) is 19.9 Å². The Bertz CT molecular complexity index is 769. The maximum absolute atomic E-state index is 11.7. The van der Waals surface area contributed by atoms with Crippen LogP contribution in [-0.2, 0) is 4.79 Å². The third kappa shape index (κ3) is 2.53. The molecule has 1 aromatic heterocycles. The van der Waals surface area contributed by atoms with Crippen LogP contribution in [0.15, 0.2) is 32.3 Å². The summed E-state index contributed by atoms with van der Waals surface area (Å²) >= 11 is 6.97. The van der Waals surface area contributed by atoms with Crippen molar-refractivity contribution in [2.24, 2.45) is 10.7 Å². The summed E-state index contributed by atoms with van der Waals surface area (Å²) in [5, 5.41) is 3.46. The highest BCUT2D eigenvalue weighted by Crippen LogP contribution is 2.36. The van der Waals surface area contributed by atoms with E-state index in [9.17, 15) is 4.79 Å². The number of aromatic nitrogens is 1. The van der Waals surface area contributed by atoms with Gasteiger partial charge in [-0.1, -0.05) is 0 Å². The molecule has 110 valence electrons. The average Bonchev–Trinajstić information content (AvgIpc) is 2.76. The first-order chi connectivity index (χ1) is 9.99. The zero-order valence-corrected chi connectivity index (χ0v) is 14.2. The number of carbonyl (C=O) groups is 1. The molecule has 0 bridgehead atoms. The Labute approximate surface area is 137 Å². The van der Waals surface area contributed by atoms with Gasteiger partial charge < -0.3 is 10.6 Å². The third-order valence-corrected chi connectivity index (χ3v) is 5.18. The van der Waals surface area contributed by atoms with Gasteiger partial charge in [0.2, 0.25) is 5.91 Å². The van der Waals surface area contributed by atoms with Crippen molar-refractivity contribution in [2.75, 3.05) is 7.11 Å². The first-order valence-corrected chi connectivity index (χ1v) is 7.76. The van der Waals surface area contributed by atoms with Crippen molar-refractivity contribution in [3.63, 3.8) is 0 Å². The lowest BCUT2D eigenvalue weighted by molar-refractivity contribution is -0.120. The molecule has 2 heterocycles. The van der Waals surface area contributed by atoms with Crippen molar-refractivity contribution >= 4 is 54.6 Å². The number of hydrogen-bond acceptors (Lipinski definition) is 4. The molecule has 3 rings (SSSR count). The van der Waals surface area contributed by atoms with E-state index in [1.165, 1.54) is 0 Å². The number of nitrogens with zero attached hydrogens (tertiary/aromatic N) is 2. The van der Waals surface area contributed by atoms with Crippen LogP contribution in [0, 0.1) is 0 Å². The van der Waals surface area contributed by atoms with Gasteiger partial charge in [-0.15, -0.1) is 0 Å². The molecular weight excluding hydrogens is 404 g/mol. The Hall–Kier alpha value is -1.54. The molecular formula is C13H12Br2N4O2. The Kier molecular flexibility index (Phi) is 3.66. The predicted octanol–water partition coefficient (Wildman–Crippen LogP) is 2.10. The van der Waals surface area contributed by atoms with Crippen LogP contribution < -0.4 is 15.9 Å². The fraction of sp³-hybridized carbons (Fsp3) is 0.231. The highest BCUT2D eigenvalue weighted by Gasteiger charge is 2.25. The fourth-order valence-corrected chi connectivity index (χ4v) is 3.10.